The first-order valence-corrected chi connectivity index (χ1v) is 11.4. The second kappa shape index (κ2) is 10.3. The number of carbonyl (C=O) groups excluding carboxylic acids is 2. The Labute approximate surface area is 195 Å². The number of Topliss-reactive ketones (excluding diaryl/α,β-unsaturated/α-hetero) is 1. The number of halogens is 1. The predicted molar refractivity (Wildman–Crippen MR) is 123 cm³/mol. The second-order valence-corrected chi connectivity index (χ2v) is 8.96. The van der Waals surface area contributed by atoms with Crippen molar-refractivity contribution >= 4 is 50.6 Å². The van der Waals surface area contributed by atoms with Crippen LogP contribution in [0.4, 0.5) is 17.3 Å². The van der Waals surface area contributed by atoms with Crippen molar-refractivity contribution in [1.29, 1.82) is 0 Å². The van der Waals surface area contributed by atoms with E-state index in [1.54, 1.807) is 37.3 Å². The van der Waals surface area contributed by atoms with Gasteiger partial charge in [-0.3, -0.25) is 9.59 Å². The Morgan fingerprint density at radius 1 is 1.03 bits per heavy atom. The fourth-order valence-electron chi connectivity index (χ4n) is 2.56. The molecule has 33 heavy (non-hydrogen) atoms. The minimum absolute atomic E-state index is 0.0462. The molecule has 1 aromatic heterocycles. The summed E-state index contributed by atoms with van der Waals surface area (Å²) >= 11 is 5.82. The highest BCUT2D eigenvalue weighted by atomic mass is 35.5. The van der Waals surface area contributed by atoms with E-state index in [0.717, 1.165) is 0 Å². The Balaban J connectivity index is 1.71. The number of aryl methyl sites for hydroxylation is 1. The van der Waals surface area contributed by atoms with Crippen molar-refractivity contribution in [1.82, 2.24) is 9.97 Å². The number of ketones is 1. The van der Waals surface area contributed by atoms with E-state index in [-0.39, 0.29) is 16.5 Å². The molecule has 0 spiro atoms. The summed E-state index contributed by atoms with van der Waals surface area (Å²) in [6, 6.07) is 12.0. The summed E-state index contributed by atoms with van der Waals surface area (Å²) < 4.78 is 27.3. The van der Waals surface area contributed by atoms with Gasteiger partial charge in [-0.05, 0) is 68.4 Å². The maximum atomic E-state index is 12.5. The predicted octanol–water partition coefficient (Wildman–Crippen LogP) is 3.92. The minimum Gasteiger partial charge on any atom is -0.324 e. The molecule has 0 aliphatic carbocycles. The van der Waals surface area contributed by atoms with E-state index in [1.807, 2.05) is 0 Å². The summed E-state index contributed by atoms with van der Waals surface area (Å²) in [5.74, 6) is -1.21. The number of nitrogens with zero attached hydrogens (tertiary/aromatic N) is 4. The maximum absolute atomic E-state index is 12.5. The van der Waals surface area contributed by atoms with Crippen LogP contribution in [-0.4, -0.2) is 36.1 Å². The third-order valence-electron chi connectivity index (χ3n) is 4.20. The molecule has 1 amide bonds. The molecule has 0 saturated heterocycles. The van der Waals surface area contributed by atoms with Gasteiger partial charge in [-0.15, -0.1) is 0 Å². The topological polar surface area (TPSA) is 143 Å². The van der Waals surface area contributed by atoms with Gasteiger partial charge in [-0.2, -0.15) is 10.2 Å². The molecule has 0 unspecified atom stereocenters. The van der Waals surface area contributed by atoms with Crippen molar-refractivity contribution in [2.24, 2.45) is 10.2 Å². The maximum Gasteiger partial charge on any atom is 0.264 e. The van der Waals surface area contributed by atoms with Gasteiger partial charge in [0.15, 0.2) is 5.78 Å². The molecular formula is C21H19ClN6O4S. The fourth-order valence-corrected chi connectivity index (χ4v) is 3.63. The molecule has 2 aromatic carbocycles. The first kappa shape index (κ1) is 24.0. The lowest BCUT2D eigenvalue weighted by Gasteiger charge is -2.09. The number of rotatable bonds is 8. The summed E-state index contributed by atoms with van der Waals surface area (Å²) in [5.41, 5.74) is 1.32. The average molecular weight is 487 g/mol. The fraction of sp³-hybridized carbons (Fsp3) is 0.143. The van der Waals surface area contributed by atoms with Gasteiger partial charge in [0.1, 0.15) is 0 Å². The van der Waals surface area contributed by atoms with Crippen LogP contribution in [-0.2, 0) is 19.6 Å². The van der Waals surface area contributed by atoms with Crippen LogP contribution >= 0.6 is 11.6 Å². The molecule has 0 aliphatic heterocycles. The molecule has 0 aliphatic rings. The van der Waals surface area contributed by atoms with E-state index in [1.165, 1.54) is 37.4 Å². The smallest absolute Gasteiger partial charge is 0.264 e. The number of anilines is 2. The van der Waals surface area contributed by atoms with Crippen LogP contribution in [0.1, 0.15) is 12.6 Å². The van der Waals surface area contributed by atoms with Gasteiger partial charge in [-0.1, -0.05) is 11.6 Å². The summed E-state index contributed by atoms with van der Waals surface area (Å²) in [4.78, 5) is 32.2. The molecule has 2 N–H and O–H groups in total. The van der Waals surface area contributed by atoms with Crippen LogP contribution in [0.5, 0.6) is 0 Å². The van der Waals surface area contributed by atoms with Crippen molar-refractivity contribution in [3.8, 4) is 0 Å². The highest BCUT2D eigenvalue weighted by molar-refractivity contribution is 7.92. The van der Waals surface area contributed by atoms with Crippen molar-refractivity contribution in [2.45, 2.75) is 24.8 Å². The Morgan fingerprint density at radius 3 is 2.30 bits per heavy atom. The van der Waals surface area contributed by atoms with Crippen molar-refractivity contribution in [2.75, 3.05) is 10.0 Å². The van der Waals surface area contributed by atoms with Crippen LogP contribution < -0.4 is 10.0 Å². The molecule has 1 atom stereocenters. The molecule has 0 saturated carbocycles. The van der Waals surface area contributed by atoms with Gasteiger partial charge in [0.25, 0.3) is 15.9 Å². The lowest BCUT2D eigenvalue weighted by molar-refractivity contribution is -0.126. The van der Waals surface area contributed by atoms with E-state index in [4.69, 9.17) is 11.6 Å². The normalized spacial score (nSPS) is 12.3. The number of carbonyl (C=O) groups is 2. The molecule has 170 valence electrons. The van der Waals surface area contributed by atoms with Gasteiger partial charge in [-0.25, -0.2) is 23.1 Å². The summed E-state index contributed by atoms with van der Waals surface area (Å²) in [6.07, 6.45) is 1.44. The SMILES string of the molecule is CC(=O)[C@H](N=Nc1ccc(S(=O)(=O)Nc2nccc(C)n2)cc1)C(=O)Nc1ccc(Cl)cc1. The number of hydrogen-bond donors (Lipinski definition) is 2. The third kappa shape index (κ3) is 6.64. The van der Waals surface area contributed by atoms with Gasteiger partial charge in [0.05, 0.1) is 10.6 Å². The monoisotopic (exact) mass is 486 g/mol. The minimum atomic E-state index is -3.92. The second-order valence-electron chi connectivity index (χ2n) is 6.85. The Hall–Kier alpha value is -3.70. The molecule has 0 bridgehead atoms. The number of benzene rings is 2. The molecule has 0 fully saturated rings. The van der Waals surface area contributed by atoms with Gasteiger partial charge in [0.2, 0.25) is 12.0 Å². The molecule has 0 radical (unpaired) electrons. The van der Waals surface area contributed by atoms with E-state index >= 15 is 0 Å². The molecular weight excluding hydrogens is 468 g/mol. The summed E-state index contributed by atoms with van der Waals surface area (Å²) in [7, 11) is -3.92. The Morgan fingerprint density at radius 2 is 1.70 bits per heavy atom. The average Bonchev–Trinajstić information content (AvgIpc) is 2.75. The van der Waals surface area contributed by atoms with Crippen LogP contribution in [0.25, 0.3) is 0 Å². The number of amides is 1. The van der Waals surface area contributed by atoms with Crippen molar-refractivity contribution < 1.29 is 18.0 Å². The Bertz CT molecular complexity index is 1300. The first-order valence-electron chi connectivity index (χ1n) is 9.54. The largest absolute Gasteiger partial charge is 0.324 e. The molecule has 12 heteroatoms. The van der Waals surface area contributed by atoms with E-state index < -0.39 is 27.8 Å². The quantitative estimate of drug-likeness (QED) is 0.365. The van der Waals surface area contributed by atoms with E-state index in [9.17, 15) is 18.0 Å². The van der Waals surface area contributed by atoms with Crippen molar-refractivity contribution in [3.63, 3.8) is 0 Å². The van der Waals surface area contributed by atoms with Crippen LogP contribution in [0.3, 0.4) is 0 Å². The van der Waals surface area contributed by atoms with Crippen LogP contribution in [0.2, 0.25) is 5.02 Å². The zero-order valence-electron chi connectivity index (χ0n) is 17.6. The van der Waals surface area contributed by atoms with Gasteiger partial charge < -0.3 is 5.32 Å². The zero-order chi connectivity index (χ0) is 24.0. The van der Waals surface area contributed by atoms with Crippen molar-refractivity contribution in [3.05, 3.63) is 71.5 Å². The summed E-state index contributed by atoms with van der Waals surface area (Å²) in [6.45, 7) is 2.93. The molecule has 1 heterocycles. The number of azo groups is 1. The molecule has 3 aromatic rings. The summed E-state index contributed by atoms with van der Waals surface area (Å²) in [5, 5.41) is 10.8. The number of sulfonamides is 1. The number of nitrogens with one attached hydrogen (secondary N) is 2. The first-order chi connectivity index (χ1) is 15.6. The van der Waals surface area contributed by atoms with Gasteiger partial charge >= 0.3 is 0 Å². The highest BCUT2D eigenvalue weighted by Gasteiger charge is 2.23. The van der Waals surface area contributed by atoms with Crippen LogP contribution in [0, 0.1) is 6.92 Å². The van der Waals surface area contributed by atoms with E-state index in [0.29, 0.717) is 16.4 Å². The highest BCUT2D eigenvalue weighted by Crippen LogP contribution is 2.20. The lowest BCUT2D eigenvalue weighted by Crippen LogP contribution is -2.31. The lowest BCUT2D eigenvalue weighted by atomic mass is 10.2. The number of hydrogen-bond acceptors (Lipinski definition) is 8. The standard InChI is InChI=1S/C21H19ClN6O4S/c1-13-11-12-23-21(24-13)28-33(31,32)18-9-7-17(8-10-18)26-27-19(14(2)29)20(30)25-16-5-3-15(22)4-6-16/h3-12,19H,1-2H3,(H,25,30)(H,23,24,28)/t19-/m0/s1. The van der Waals surface area contributed by atoms with Crippen LogP contribution in [0.15, 0.2) is 75.9 Å². The third-order valence-corrected chi connectivity index (χ3v) is 5.80. The molecule has 3 rings (SSSR count). The zero-order valence-corrected chi connectivity index (χ0v) is 19.1. The number of aromatic nitrogens is 2. The van der Waals surface area contributed by atoms with E-state index in [2.05, 4.69) is 30.2 Å². The van der Waals surface area contributed by atoms with Gasteiger partial charge in [0, 0.05) is 22.6 Å². The Kier molecular flexibility index (Phi) is 7.46. The molecule has 10 nitrogen and oxygen atoms in total.